The van der Waals surface area contributed by atoms with Crippen LogP contribution < -0.4 is 20.3 Å². The molecule has 1 aliphatic heterocycles. The summed E-state index contributed by atoms with van der Waals surface area (Å²) >= 11 is 6.13. The van der Waals surface area contributed by atoms with Gasteiger partial charge in [-0.15, -0.1) is 0 Å². The van der Waals surface area contributed by atoms with E-state index in [9.17, 15) is 4.79 Å². The second-order valence-corrected chi connectivity index (χ2v) is 6.86. The quantitative estimate of drug-likeness (QED) is 0.802. The second-order valence-electron chi connectivity index (χ2n) is 6.43. The lowest BCUT2D eigenvalue weighted by Crippen LogP contribution is -2.43. The number of rotatable bonds is 6. The predicted octanol–water partition coefficient (Wildman–Crippen LogP) is 1.74. The van der Waals surface area contributed by atoms with Crippen molar-refractivity contribution < 1.29 is 9.53 Å². The maximum atomic E-state index is 12.7. The summed E-state index contributed by atoms with van der Waals surface area (Å²) in [6.45, 7) is 1.55. The molecule has 2 N–H and O–H groups in total. The van der Waals surface area contributed by atoms with Crippen LogP contribution in [0.25, 0.3) is 0 Å². The van der Waals surface area contributed by atoms with E-state index in [1.165, 1.54) is 0 Å². The van der Waals surface area contributed by atoms with Crippen LogP contribution in [-0.2, 0) is 11.8 Å². The first kappa shape index (κ1) is 18.5. The van der Waals surface area contributed by atoms with Gasteiger partial charge in [0.1, 0.15) is 11.8 Å². The highest BCUT2D eigenvalue weighted by atomic mass is 35.5. The molecule has 1 fully saturated rings. The molecule has 1 aromatic carbocycles. The minimum atomic E-state index is -0.418. The summed E-state index contributed by atoms with van der Waals surface area (Å²) in [5, 5.41) is 11.0. The monoisotopic (exact) mass is 377 g/mol. The van der Waals surface area contributed by atoms with Crippen LogP contribution >= 0.6 is 11.6 Å². The second kappa shape index (κ2) is 7.97. The Morgan fingerprint density at radius 1 is 1.46 bits per heavy atom. The highest BCUT2D eigenvalue weighted by Gasteiger charge is 2.29. The fraction of sp³-hybridized carbons (Fsp3) is 0.444. The average Bonchev–Trinajstić information content (AvgIpc) is 3.25. The molecule has 2 aromatic rings. The van der Waals surface area contributed by atoms with Crippen LogP contribution in [0.3, 0.4) is 0 Å². The van der Waals surface area contributed by atoms with Crippen LogP contribution in [0.15, 0.2) is 30.6 Å². The predicted molar refractivity (Wildman–Crippen MR) is 102 cm³/mol. The van der Waals surface area contributed by atoms with Crippen molar-refractivity contribution in [3.05, 3.63) is 41.2 Å². The van der Waals surface area contributed by atoms with Crippen molar-refractivity contribution in [3.63, 3.8) is 0 Å². The zero-order valence-electron chi connectivity index (χ0n) is 15.2. The largest absolute Gasteiger partial charge is 0.495 e. The molecule has 1 amide bonds. The normalized spacial score (nSPS) is 18.0. The first-order chi connectivity index (χ1) is 12.5. The van der Waals surface area contributed by atoms with Crippen molar-refractivity contribution in [2.24, 2.45) is 7.05 Å². The Balaban J connectivity index is 1.66. The van der Waals surface area contributed by atoms with Gasteiger partial charge in [0.25, 0.3) is 0 Å². The summed E-state index contributed by atoms with van der Waals surface area (Å²) in [7, 11) is 5.25. The summed E-state index contributed by atoms with van der Waals surface area (Å²) in [6, 6.07) is 5.22. The number of methoxy groups -OCH3 is 1. The van der Waals surface area contributed by atoms with Gasteiger partial charge in [-0.2, -0.15) is 5.10 Å². The van der Waals surface area contributed by atoms with Crippen LogP contribution in [0.5, 0.6) is 5.75 Å². The number of aryl methyl sites for hydroxylation is 1. The lowest BCUT2D eigenvalue weighted by molar-refractivity contribution is -0.123. The molecule has 0 bridgehead atoms. The summed E-state index contributed by atoms with van der Waals surface area (Å²) < 4.78 is 7.13. The van der Waals surface area contributed by atoms with Gasteiger partial charge >= 0.3 is 0 Å². The van der Waals surface area contributed by atoms with Gasteiger partial charge in [-0.25, -0.2) is 0 Å². The van der Waals surface area contributed by atoms with Crippen LogP contribution in [0, 0.1) is 0 Å². The SMILES string of the molecule is CNC(C(=O)NC1CCN(c2cc(Cl)ccc2OC)C1)c1cnn(C)c1. The van der Waals surface area contributed by atoms with E-state index < -0.39 is 6.04 Å². The number of anilines is 1. The molecular formula is C18H24ClN5O2. The number of likely N-dealkylation sites (N-methyl/N-ethyl adjacent to an activating group) is 1. The Morgan fingerprint density at radius 3 is 2.92 bits per heavy atom. The summed E-state index contributed by atoms with van der Waals surface area (Å²) in [5.41, 5.74) is 1.80. The highest BCUT2D eigenvalue weighted by molar-refractivity contribution is 6.30. The summed E-state index contributed by atoms with van der Waals surface area (Å²) in [5.74, 6) is 0.732. The number of hydrogen-bond donors (Lipinski definition) is 2. The molecule has 26 heavy (non-hydrogen) atoms. The van der Waals surface area contributed by atoms with Gasteiger partial charge in [0.15, 0.2) is 0 Å². The van der Waals surface area contributed by atoms with Gasteiger partial charge < -0.3 is 20.3 Å². The number of nitrogens with one attached hydrogen (secondary N) is 2. The van der Waals surface area contributed by atoms with Crippen molar-refractivity contribution in [3.8, 4) is 5.75 Å². The van der Waals surface area contributed by atoms with Gasteiger partial charge in [-0.3, -0.25) is 9.48 Å². The molecule has 1 saturated heterocycles. The molecule has 0 radical (unpaired) electrons. The van der Waals surface area contributed by atoms with Crippen molar-refractivity contribution in [2.45, 2.75) is 18.5 Å². The third kappa shape index (κ3) is 3.94. The van der Waals surface area contributed by atoms with E-state index in [1.54, 1.807) is 25.0 Å². The fourth-order valence-corrected chi connectivity index (χ4v) is 3.50. The molecule has 140 valence electrons. The fourth-order valence-electron chi connectivity index (χ4n) is 3.33. The molecule has 0 aliphatic carbocycles. The van der Waals surface area contributed by atoms with Gasteiger partial charge in [0.2, 0.25) is 5.91 Å². The molecule has 2 atom stereocenters. The zero-order chi connectivity index (χ0) is 18.7. The number of nitrogens with zero attached hydrogens (tertiary/aromatic N) is 3. The minimum Gasteiger partial charge on any atom is -0.495 e. The van der Waals surface area contributed by atoms with E-state index >= 15 is 0 Å². The van der Waals surface area contributed by atoms with Gasteiger partial charge in [-0.1, -0.05) is 11.6 Å². The Bertz CT molecular complexity index is 779. The third-order valence-electron chi connectivity index (χ3n) is 4.63. The number of halogens is 1. The molecule has 8 heteroatoms. The van der Waals surface area contributed by atoms with Crippen molar-refractivity contribution >= 4 is 23.2 Å². The molecular weight excluding hydrogens is 354 g/mol. The molecule has 7 nitrogen and oxygen atoms in total. The third-order valence-corrected chi connectivity index (χ3v) is 4.86. The first-order valence-electron chi connectivity index (χ1n) is 8.56. The van der Waals surface area contributed by atoms with E-state index in [0.29, 0.717) is 11.6 Å². The van der Waals surface area contributed by atoms with E-state index in [4.69, 9.17) is 16.3 Å². The Morgan fingerprint density at radius 2 is 2.27 bits per heavy atom. The number of hydrogen-bond acceptors (Lipinski definition) is 5. The molecule has 0 saturated carbocycles. The number of aromatic nitrogens is 2. The van der Waals surface area contributed by atoms with E-state index in [2.05, 4.69) is 20.6 Å². The standard InChI is InChI=1S/C18H24ClN5O2/c1-20-17(12-9-21-23(2)10-12)18(25)22-14-6-7-24(11-14)15-8-13(19)4-5-16(15)26-3/h4-5,8-10,14,17,20H,6-7,11H2,1-3H3,(H,22,25). The summed E-state index contributed by atoms with van der Waals surface area (Å²) in [4.78, 5) is 14.9. The zero-order valence-corrected chi connectivity index (χ0v) is 16.0. The van der Waals surface area contributed by atoms with Gasteiger partial charge in [-0.05, 0) is 31.7 Å². The number of amides is 1. The number of carbonyl (C=O) groups excluding carboxylic acids is 1. The molecule has 1 aliphatic rings. The maximum Gasteiger partial charge on any atom is 0.242 e. The van der Waals surface area contributed by atoms with Crippen LogP contribution in [0.1, 0.15) is 18.0 Å². The number of ether oxygens (including phenoxy) is 1. The Labute approximate surface area is 158 Å². The van der Waals surface area contributed by atoms with E-state index in [-0.39, 0.29) is 11.9 Å². The van der Waals surface area contributed by atoms with Crippen molar-refractivity contribution in [1.82, 2.24) is 20.4 Å². The first-order valence-corrected chi connectivity index (χ1v) is 8.94. The Hall–Kier alpha value is -2.25. The molecule has 2 unspecified atom stereocenters. The topological polar surface area (TPSA) is 71.4 Å². The lowest BCUT2D eigenvalue weighted by atomic mass is 10.1. The van der Waals surface area contributed by atoms with Crippen LogP contribution in [0.4, 0.5) is 5.69 Å². The molecule has 1 aromatic heterocycles. The number of carbonyl (C=O) groups is 1. The lowest BCUT2D eigenvalue weighted by Gasteiger charge is -2.22. The molecule has 2 heterocycles. The smallest absolute Gasteiger partial charge is 0.242 e. The van der Waals surface area contributed by atoms with E-state index in [0.717, 1.165) is 30.0 Å². The molecule has 3 rings (SSSR count). The highest BCUT2D eigenvalue weighted by Crippen LogP contribution is 2.33. The van der Waals surface area contributed by atoms with Crippen LogP contribution in [0.2, 0.25) is 5.02 Å². The molecule has 0 spiro atoms. The van der Waals surface area contributed by atoms with Gasteiger partial charge in [0, 0.05) is 43.0 Å². The van der Waals surface area contributed by atoms with Crippen LogP contribution in [-0.4, -0.2) is 49.0 Å². The maximum absolute atomic E-state index is 12.7. The average molecular weight is 378 g/mol. The summed E-state index contributed by atoms with van der Waals surface area (Å²) in [6.07, 6.45) is 4.42. The van der Waals surface area contributed by atoms with Crippen molar-refractivity contribution in [1.29, 1.82) is 0 Å². The van der Waals surface area contributed by atoms with E-state index in [1.807, 2.05) is 31.4 Å². The minimum absolute atomic E-state index is 0.0505. The van der Waals surface area contributed by atoms with Crippen molar-refractivity contribution in [2.75, 3.05) is 32.1 Å². The van der Waals surface area contributed by atoms with Gasteiger partial charge in [0.05, 0.1) is 19.0 Å². The Kier molecular flexibility index (Phi) is 5.68. The number of benzene rings is 1.